The number of rotatable bonds is 4. The van der Waals surface area contributed by atoms with Crippen LogP contribution < -0.4 is 0 Å². The van der Waals surface area contributed by atoms with Crippen molar-refractivity contribution < 1.29 is 8.78 Å². The van der Waals surface area contributed by atoms with Gasteiger partial charge in [0.05, 0.1) is 5.69 Å². The summed E-state index contributed by atoms with van der Waals surface area (Å²) >= 11 is 0. The highest BCUT2D eigenvalue weighted by molar-refractivity contribution is 5.35. The van der Waals surface area contributed by atoms with Gasteiger partial charge in [0, 0.05) is 24.7 Å². The van der Waals surface area contributed by atoms with E-state index in [1.54, 1.807) is 0 Å². The molecule has 2 aliphatic rings. The molecule has 2 saturated carbocycles. The average Bonchev–Trinajstić information content (AvgIpc) is 3.31. The van der Waals surface area contributed by atoms with Gasteiger partial charge in [0.15, 0.2) is 5.82 Å². The van der Waals surface area contributed by atoms with Crippen molar-refractivity contribution in [2.45, 2.75) is 63.7 Å². The van der Waals surface area contributed by atoms with Crippen LogP contribution in [0.1, 0.15) is 61.4 Å². The minimum Gasteiger partial charge on any atom is -0.234 e. The third-order valence-corrected chi connectivity index (χ3v) is 5.23. The second kappa shape index (κ2) is 5.94. The van der Waals surface area contributed by atoms with E-state index >= 15 is 0 Å². The summed E-state index contributed by atoms with van der Waals surface area (Å²) in [4.78, 5) is 4.77. The van der Waals surface area contributed by atoms with Crippen LogP contribution in [0, 0.1) is 12.8 Å². The van der Waals surface area contributed by atoms with E-state index in [0.717, 1.165) is 23.6 Å². The second-order valence-electron chi connectivity index (χ2n) is 7.43. The average molecular weight is 331 g/mol. The quantitative estimate of drug-likeness (QED) is 0.804. The van der Waals surface area contributed by atoms with Gasteiger partial charge in [0.1, 0.15) is 0 Å². The zero-order valence-corrected chi connectivity index (χ0v) is 14.0. The first-order chi connectivity index (χ1) is 11.5. The van der Waals surface area contributed by atoms with Crippen molar-refractivity contribution >= 4 is 0 Å². The smallest absolute Gasteiger partial charge is 0.234 e. The van der Waals surface area contributed by atoms with E-state index < -0.39 is 5.92 Å². The summed E-state index contributed by atoms with van der Waals surface area (Å²) in [5, 5.41) is 4.46. The molecule has 0 bridgehead atoms. The van der Waals surface area contributed by atoms with Crippen LogP contribution in [-0.2, 0) is 6.42 Å². The lowest BCUT2D eigenvalue weighted by molar-refractivity contribution is -0.0457. The normalized spacial score (nSPS) is 21.1. The summed E-state index contributed by atoms with van der Waals surface area (Å²) in [6.45, 7) is 1.96. The summed E-state index contributed by atoms with van der Waals surface area (Å²) in [6.07, 6.45) is 6.42. The topological polar surface area (TPSA) is 30.7 Å². The Kier molecular flexibility index (Phi) is 3.89. The summed E-state index contributed by atoms with van der Waals surface area (Å²) in [6, 6.07) is 6.28. The molecule has 2 aromatic heterocycles. The van der Waals surface area contributed by atoms with E-state index in [0.29, 0.717) is 24.7 Å². The Morgan fingerprint density at radius 3 is 2.54 bits per heavy atom. The highest BCUT2D eigenvalue weighted by Gasteiger charge is 2.35. The molecular formula is C19H23F2N3. The lowest BCUT2D eigenvalue weighted by Crippen LogP contribution is -2.25. The molecule has 0 spiro atoms. The Labute approximate surface area is 141 Å². The summed E-state index contributed by atoms with van der Waals surface area (Å²) in [7, 11) is 0. The molecular weight excluding hydrogens is 308 g/mol. The Bertz CT molecular complexity index is 724. The molecule has 0 saturated heterocycles. The number of nitrogens with zero attached hydrogens (tertiary/aromatic N) is 3. The van der Waals surface area contributed by atoms with Crippen molar-refractivity contribution in [2.24, 2.45) is 5.92 Å². The van der Waals surface area contributed by atoms with Crippen LogP contribution in [0.2, 0.25) is 0 Å². The minimum absolute atomic E-state index is 0.0190. The fraction of sp³-hybridized carbons (Fsp3) is 0.579. The van der Waals surface area contributed by atoms with Gasteiger partial charge in [-0.2, -0.15) is 5.10 Å². The van der Waals surface area contributed by atoms with Gasteiger partial charge in [0.2, 0.25) is 5.92 Å². The maximum absolute atomic E-state index is 13.4. The number of aryl methyl sites for hydroxylation is 1. The van der Waals surface area contributed by atoms with Gasteiger partial charge >= 0.3 is 0 Å². The van der Waals surface area contributed by atoms with Crippen molar-refractivity contribution in [2.75, 3.05) is 0 Å². The molecule has 0 unspecified atom stereocenters. The van der Waals surface area contributed by atoms with E-state index in [4.69, 9.17) is 4.98 Å². The molecule has 2 fully saturated rings. The summed E-state index contributed by atoms with van der Waals surface area (Å²) in [5.74, 6) is -0.655. The number of halogens is 2. The van der Waals surface area contributed by atoms with Gasteiger partial charge in [-0.25, -0.2) is 18.4 Å². The largest absolute Gasteiger partial charge is 0.248 e. The SMILES string of the molecule is Cc1ccn(-c2cc(C3CC3)cc(CC3CCC(F)(F)CC3)n2)n1. The zero-order chi connectivity index (χ0) is 16.7. The van der Waals surface area contributed by atoms with Gasteiger partial charge in [-0.05, 0) is 74.6 Å². The fourth-order valence-electron chi connectivity index (χ4n) is 3.61. The first-order valence-corrected chi connectivity index (χ1v) is 8.90. The molecule has 2 heterocycles. The maximum atomic E-state index is 13.4. The molecule has 0 aromatic carbocycles. The first kappa shape index (κ1) is 15.7. The van der Waals surface area contributed by atoms with Crippen LogP contribution in [0.5, 0.6) is 0 Å². The molecule has 4 rings (SSSR count). The second-order valence-corrected chi connectivity index (χ2v) is 7.43. The Morgan fingerprint density at radius 1 is 1.17 bits per heavy atom. The van der Waals surface area contributed by atoms with Crippen LogP contribution in [0.15, 0.2) is 24.4 Å². The van der Waals surface area contributed by atoms with Crippen molar-refractivity contribution in [3.05, 3.63) is 41.3 Å². The van der Waals surface area contributed by atoms with Gasteiger partial charge in [-0.1, -0.05) is 0 Å². The third kappa shape index (κ3) is 3.50. The van der Waals surface area contributed by atoms with Gasteiger partial charge in [-0.3, -0.25) is 0 Å². The van der Waals surface area contributed by atoms with Crippen molar-refractivity contribution in [3.63, 3.8) is 0 Å². The van der Waals surface area contributed by atoms with E-state index in [2.05, 4.69) is 17.2 Å². The standard InChI is InChI=1S/C19H23F2N3/c1-13-6-9-24(23-13)18-12-16(15-2-3-15)11-17(22-18)10-14-4-7-19(20,21)8-5-14/h6,9,11-12,14-15H,2-5,7-8,10H2,1H3. The Hall–Kier alpha value is -1.78. The molecule has 5 heteroatoms. The number of pyridine rings is 1. The number of aromatic nitrogens is 3. The summed E-state index contributed by atoms with van der Waals surface area (Å²) < 4.78 is 28.5. The van der Waals surface area contributed by atoms with Crippen molar-refractivity contribution in [1.29, 1.82) is 0 Å². The monoisotopic (exact) mass is 331 g/mol. The predicted molar refractivity (Wildman–Crippen MR) is 88.7 cm³/mol. The van der Waals surface area contributed by atoms with Crippen molar-refractivity contribution in [1.82, 2.24) is 14.8 Å². The predicted octanol–water partition coefficient (Wildman–Crippen LogP) is 4.82. The van der Waals surface area contributed by atoms with E-state index in [-0.39, 0.29) is 12.8 Å². The Morgan fingerprint density at radius 2 is 1.92 bits per heavy atom. The van der Waals surface area contributed by atoms with Gasteiger partial charge in [0.25, 0.3) is 0 Å². The number of alkyl halides is 2. The molecule has 2 aromatic rings. The highest BCUT2D eigenvalue weighted by atomic mass is 19.3. The molecule has 0 aliphatic heterocycles. The van der Waals surface area contributed by atoms with Crippen LogP contribution in [0.3, 0.4) is 0 Å². The molecule has 2 aliphatic carbocycles. The number of hydrogen-bond donors (Lipinski definition) is 0. The fourth-order valence-corrected chi connectivity index (χ4v) is 3.61. The molecule has 0 amide bonds. The summed E-state index contributed by atoms with van der Waals surface area (Å²) in [5.41, 5.74) is 3.31. The van der Waals surface area contributed by atoms with E-state index in [9.17, 15) is 8.78 Å². The van der Waals surface area contributed by atoms with Crippen LogP contribution in [-0.4, -0.2) is 20.7 Å². The van der Waals surface area contributed by atoms with Crippen molar-refractivity contribution in [3.8, 4) is 5.82 Å². The minimum atomic E-state index is -2.46. The molecule has 24 heavy (non-hydrogen) atoms. The molecule has 3 nitrogen and oxygen atoms in total. The molecule has 128 valence electrons. The third-order valence-electron chi connectivity index (χ3n) is 5.23. The van der Waals surface area contributed by atoms with Crippen LogP contribution >= 0.6 is 0 Å². The van der Waals surface area contributed by atoms with E-state index in [1.807, 2.05) is 23.9 Å². The number of hydrogen-bond acceptors (Lipinski definition) is 2. The van der Waals surface area contributed by atoms with Gasteiger partial charge < -0.3 is 0 Å². The van der Waals surface area contributed by atoms with Crippen LogP contribution in [0.4, 0.5) is 8.78 Å². The van der Waals surface area contributed by atoms with Gasteiger partial charge in [-0.15, -0.1) is 0 Å². The maximum Gasteiger partial charge on any atom is 0.248 e. The van der Waals surface area contributed by atoms with E-state index in [1.165, 1.54) is 18.4 Å². The lowest BCUT2D eigenvalue weighted by Gasteiger charge is -2.28. The first-order valence-electron chi connectivity index (χ1n) is 8.90. The molecule has 0 atom stereocenters. The Balaban J connectivity index is 1.57. The molecule has 0 N–H and O–H groups in total. The highest BCUT2D eigenvalue weighted by Crippen LogP contribution is 2.41. The zero-order valence-electron chi connectivity index (χ0n) is 14.0. The lowest BCUT2D eigenvalue weighted by atomic mass is 9.84. The van der Waals surface area contributed by atoms with Crippen LogP contribution in [0.25, 0.3) is 5.82 Å². The molecule has 0 radical (unpaired) electrons.